The minimum absolute atomic E-state index is 0.101. The number of benzene rings is 3. The van der Waals surface area contributed by atoms with Gasteiger partial charge >= 0.3 is 0 Å². The van der Waals surface area contributed by atoms with Gasteiger partial charge in [0, 0.05) is 17.9 Å². The molecule has 1 heterocycles. The van der Waals surface area contributed by atoms with E-state index in [0.717, 1.165) is 11.1 Å². The van der Waals surface area contributed by atoms with Crippen LogP contribution in [0.4, 0.5) is 0 Å². The van der Waals surface area contributed by atoms with E-state index in [-0.39, 0.29) is 10.8 Å². The smallest absolute Gasteiger partial charge is 0.278 e. The first-order chi connectivity index (χ1) is 14.8. The van der Waals surface area contributed by atoms with E-state index in [1.165, 1.54) is 29.8 Å². The van der Waals surface area contributed by atoms with Crippen LogP contribution in [-0.2, 0) is 10.0 Å². The molecule has 7 heteroatoms. The molecule has 31 heavy (non-hydrogen) atoms. The number of hydrogen-bond acceptors (Lipinski definition) is 3. The van der Waals surface area contributed by atoms with E-state index >= 15 is 0 Å². The molecule has 0 N–H and O–H groups in total. The summed E-state index contributed by atoms with van der Waals surface area (Å²) in [4.78, 5) is 12.7. The van der Waals surface area contributed by atoms with E-state index in [4.69, 9.17) is 11.6 Å². The number of aromatic nitrogens is 1. The molecule has 0 atom stereocenters. The van der Waals surface area contributed by atoms with Crippen LogP contribution in [0.15, 0.2) is 82.1 Å². The Morgan fingerprint density at radius 2 is 1.65 bits per heavy atom. The van der Waals surface area contributed by atoms with Crippen LogP contribution in [0.1, 0.15) is 22.8 Å². The van der Waals surface area contributed by atoms with E-state index in [2.05, 4.69) is 4.40 Å². The SMILES string of the molecule is CC(=O)n1c(-c2ccccc2)c(/C=N/S(=O)(=O)c2ccc(C)cc2)c2cccc(Cl)c21. The molecule has 0 spiro atoms. The van der Waals surface area contributed by atoms with Crippen LogP contribution in [0.5, 0.6) is 0 Å². The van der Waals surface area contributed by atoms with Gasteiger partial charge in [-0.05, 0) is 30.7 Å². The zero-order valence-corrected chi connectivity index (χ0v) is 18.5. The van der Waals surface area contributed by atoms with Crippen molar-refractivity contribution in [2.24, 2.45) is 4.40 Å². The number of fused-ring (bicyclic) bond motifs is 1. The van der Waals surface area contributed by atoms with Crippen LogP contribution in [-0.4, -0.2) is 25.1 Å². The van der Waals surface area contributed by atoms with Crippen molar-refractivity contribution in [3.8, 4) is 11.3 Å². The number of hydrogen-bond donors (Lipinski definition) is 0. The zero-order chi connectivity index (χ0) is 22.2. The largest absolute Gasteiger partial charge is 0.282 e. The van der Waals surface area contributed by atoms with Gasteiger partial charge in [-0.2, -0.15) is 12.8 Å². The number of carbonyl (C=O) groups is 1. The normalized spacial score (nSPS) is 12.0. The molecule has 1 aromatic heterocycles. The van der Waals surface area contributed by atoms with Gasteiger partial charge in [-0.25, -0.2) is 0 Å². The molecule has 5 nitrogen and oxygen atoms in total. The third-order valence-electron chi connectivity index (χ3n) is 4.98. The molecule has 4 aromatic rings. The van der Waals surface area contributed by atoms with Crippen molar-refractivity contribution < 1.29 is 13.2 Å². The van der Waals surface area contributed by atoms with Gasteiger partial charge < -0.3 is 0 Å². The van der Waals surface area contributed by atoms with Crippen molar-refractivity contribution in [1.82, 2.24) is 4.57 Å². The average molecular weight is 451 g/mol. The number of halogens is 1. The second kappa shape index (κ2) is 8.13. The Morgan fingerprint density at radius 3 is 2.29 bits per heavy atom. The molecule has 0 aliphatic carbocycles. The highest BCUT2D eigenvalue weighted by Crippen LogP contribution is 2.36. The number of carbonyl (C=O) groups excluding carboxylic acids is 1. The van der Waals surface area contributed by atoms with Crippen LogP contribution in [0.3, 0.4) is 0 Å². The van der Waals surface area contributed by atoms with Gasteiger partial charge in [-0.15, -0.1) is 0 Å². The second-order valence-electron chi connectivity index (χ2n) is 7.14. The molecule has 0 saturated heterocycles. The summed E-state index contributed by atoms with van der Waals surface area (Å²) in [6, 6.07) is 21.0. The summed E-state index contributed by atoms with van der Waals surface area (Å²) in [5, 5.41) is 1.04. The van der Waals surface area contributed by atoms with Crippen LogP contribution < -0.4 is 0 Å². The van der Waals surface area contributed by atoms with Crippen molar-refractivity contribution in [3.05, 3.63) is 88.9 Å². The highest BCUT2D eigenvalue weighted by molar-refractivity contribution is 7.90. The predicted octanol–water partition coefficient (Wildman–Crippen LogP) is 5.74. The Morgan fingerprint density at radius 1 is 0.968 bits per heavy atom. The number of aryl methyl sites for hydroxylation is 1. The Hall–Kier alpha value is -3.22. The van der Waals surface area contributed by atoms with Crippen LogP contribution >= 0.6 is 11.6 Å². The molecule has 3 aromatic carbocycles. The molecule has 0 aliphatic rings. The molecule has 0 unspecified atom stereocenters. The molecule has 0 bridgehead atoms. The summed E-state index contributed by atoms with van der Waals surface area (Å²) in [6.45, 7) is 3.32. The van der Waals surface area contributed by atoms with Crippen LogP contribution in [0.2, 0.25) is 5.02 Å². The summed E-state index contributed by atoms with van der Waals surface area (Å²) in [5.74, 6) is -0.238. The van der Waals surface area contributed by atoms with Crippen molar-refractivity contribution in [2.75, 3.05) is 0 Å². The van der Waals surface area contributed by atoms with Crippen molar-refractivity contribution in [3.63, 3.8) is 0 Å². The first-order valence-electron chi connectivity index (χ1n) is 9.56. The summed E-state index contributed by atoms with van der Waals surface area (Å²) in [6.07, 6.45) is 1.30. The number of sulfonamides is 1. The predicted molar refractivity (Wildman–Crippen MR) is 125 cm³/mol. The van der Waals surface area contributed by atoms with Gasteiger partial charge in [0.15, 0.2) is 0 Å². The number of para-hydroxylation sites is 1. The maximum absolute atomic E-state index is 12.8. The van der Waals surface area contributed by atoms with E-state index in [0.29, 0.717) is 27.2 Å². The standard InChI is InChI=1S/C24H19ClN2O3S/c1-16-11-13-19(14-12-16)31(29,30)26-15-21-20-9-6-10-22(25)24(20)27(17(2)28)23(21)18-7-4-3-5-8-18/h3-15H,1-2H3/b26-15+. The van der Waals surface area contributed by atoms with Gasteiger partial charge in [0.25, 0.3) is 10.0 Å². The topological polar surface area (TPSA) is 68.5 Å². The van der Waals surface area contributed by atoms with Crippen molar-refractivity contribution >= 4 is 44.6 Å². The Bertz CT molecular complexity index is 1420. The van der Waals surface area contributed by atoms with Gasteiger partial charge in [0.1, 0.15) is 0 Å². The fourth-order valence-electron chi connectivity index (χ4n) is 3.54. The fourth-order valence-corrected chi connectivity index (χ4v) is 4.64. The molecular formula is C24H19ClN2O3S. The molecule has 4 rings (SSSR count). The van der Waals surface area contributed by atoms with E-state index in [9.17, 15) is 13.2 Å². The third-order valence-corrected chi connectivity index (χ3v) is 6.54. The quantitative estimate of drug-likeness (QED) is 0.372. The lowest BCUT2D eigenvalue weighted by Gasteiger charge is -2.08. The monoisotopic (exact) mass is 450 g/mol. The van der Waals surface area contributed by atoms with Gasteiger partial charge in [0.2, 0.25) is 5.91 Å². The summed E-state index contributed by atoms with van der Waals surface area (Å²) in [5.41, 5.74) is 3.27. The van der Waals surface area contributed by atoms with E-state index < -0.39 is 10.0 Å². The van der Waals surface area contributed by atoms with Gasteiger partial charge in [-0.1, -0.05) is 71.8 Å². The first-order valence-corrected chi connectivity index (χ1v) is 11.4. The summed E-state index contributed by atoms with van der Waals surface area (Å²) < 4.78 is 31.1. The Kier molecular flexibility index (Phi) is 5.52. The van der Waals surface area contributed by atoms with Gasteiger partial charge in [-0.3, -0.25) is 9.36 Å². The maximum atomic E-state index is 12.8. The molecule has 0 saturated carbocycles. The maximum Gasteiger partial charge on any atom is 0.282 e. The molecule has 0 amide bonds. The van der Waals surface area contributed by atoms with Crippen LogP contribution in [0, 0.1) is 6.92 Å². The lowest BCUT2D eigenvalue weighted by molar-refractivity contribution is 0.0943. The highest BCUT2D eigenvalue weighted by Gasteiger charge is 2.22. The molecular weight excluding hydrogens is 432 g/mol. The first kappa shape index (κ1) is 21.0. The molecule has 156 valence electrons. The minimum Gasteiger partial charge on any atom is -0.278 e. The van der Waals surface area contributed by atoms with E-state index in [1.54, 1.807) is 30.3 Å². The molecule has 0 fully saturated rings. The second-order valence-corrected chi connectivity index (χ2v) is 9.18. The average Bonchev–Trinajstić information content (AvgIpc) is 3.09. The van der Waals surface area contributed by atoms with Gasteiger partial charge in [0.05, 0.1) is 27.3 Å². The lowest BCUT2D eigenvalue weighted by atomic mass is 10.1. The number of nitrogens with zero attached hydrogens (tertiary/aromatic N) is 2. The number of rotatable bonds is 4. The van der Waals surface area contributed by atoms with Crippen molar-refractivity contribution in [1.29, 1.82) is 0 Å². The zero-order valence-electron chi connectivity index (χ0n) is 16.9. The van der Waals surface area contributed by atoms with Crippen LogP contribution in [0.25, 0.3) is 22.2 Å². The highest BCUT2D eigenvalue weighted by atomic mass is 35.5. The summed E-state index contributed by atoms with van der Waals surface area (Å²) in [7, 11) is -3.92. The molecule has 0 aliphatic heterocycles. The summed E-state index contributed by atoms with van der Waals surface area (Å²) >= 11 is 6.44. The Balaban J connectivity index is 1.99. The lowest BCUT2D eigenvalue weighted by Crippen LogP contribution is -2.08. The fraction of sp³-hybridized carbons (Fsp3) is 0.0833. The molecule has 0 radical (unpaired) electrons. The van der Waals surface area contributed by atoms with Crippen molar-refractivity contribution in [2.45, 2.75) is 18.7 Å². The minimum atomic E-state index is -3.92. The van der Waals surface area contributed by atoms with E-state index in [1.807, 2.05) is 37.3 Å². The third kappa shape index (κ3) is 3.92. The Labute approximate surface area is 185 Å².